The smallest absolute Gasteiger partial charge is 0.282 e. The van der Waals surface area contributed by atoms with E-state index in [-0.39, 0.29) is 4.90 Å². The molecule has 7 nitrogen and oxygen atoms in total. The van der Waals surface area contributed by atoms with Crippen LogP contribution in [-0.2, 0) is 20.1 Å². The average Bonchev–Trinajstić information content (AvgIpc) is 2.81. The predicted octanol–water partition coefficient (Wildman–Crippen LogP) is 0.933. The van der Waals surface area contributed by atoms with Crippen LogP contribution in [0.3, 0.4) is 0 Å². The molecule has 2 rings (SSSR count). The van der Waals surface area contributed by atoms with Gasteiger partial charge in [0, 0.05) is 6.20 Å². The maximum absolute atomic E-state index is 11.9. The second-order valence-electron chi connectivity index (χ2n) is 3.93. The van der Waals surface area contributed by atoms with Crippen LogP contribution in [0.4, 0.5) is 0 Å². The number of aryl methyl sites for hydroxylation is 1. The van der Waals surface area contributed by atoms with E-state index in [1.807, 2.05) is 6.92 Å². The van der Waals surface area contributed by atoms with E-state index < -0.39 is 20.1 Å². The first kappa shape index (κ1) is 16.3. The standard InChI is InChI=1S/C10H10N2O2S.CH4O3S/c1-9-3-5-10(6-4-9)15(13,14)12-8-2-7-11-12;1-5(2,3)4/h2-8H,1H3;1H3,(H,2,3,4). The topological polar surface area (TPSA) is 106 Å². The Morgan fingerprint density at radius 3 is 2.00 bits per heavy atom. The van der Waals surface area contributed by atoms with Crippen LogP contribution in [0.15, 0.2) is 47.6 Å². The summed E-state index contributed by atoms with van der Waals surface area (Å²) in [5.74, 6) is 0. The number of nitrogens with zero attached hydrogens (tertiary/aromatic N) is 2. The molecule has 0 aliphatic heterocycles. The molecular formula is C11H14N2O5S2. The minimum absolute atomic E-state index is 0.247. The summed E-state index contributed by atoms with van der Waals surface area (Å²) in [5, 5.41) is 3.72. The largest absolute Gasteiger partial charge is 0.286 e. The summed E-state index contributed by atoms with van der Waals surface area (Å²) < 4.78 is 50.6. The Kier molecular flexibility index (Phi) is 5.03. The van der Waals surface area contributed by atoms with Crippen LogP contribution in [0.2, 0.25) is 0 Å². The van der Waals surface area contributed by atoms with Crippen LogP contribution in [0.25, 0.3) is 0 Å². The fourth-order valence-corrected chi connectivity index (χ4v) is 2.32. The molecule has 0 atom stereocenters. The van der Waals surface area contributed by atoms with Crippen LogP contribution in [0.1, 0.15) is 5.56 Å². The number of hydrogen-bond acceptors (Lipinski definition) is 5. The highest BCUT2D eigenvalue weighted by Gasteiger charge is 2.15. The molecule has 1 aromatic heterocycles. The summed E-state index contributed by atoms with van der Waals surface area (Å²) in [6.07, 6.45) is 3.56. The maximum atomic E-state index is 11.9. The molecule has 1 heterocycles. The fourth-order valence-electron chi connectivity index (χ4n) is 1.22. The summed E-state index contributed by atoms with van der Waals surface area (Å²) in [7, 11) is -7.17. The number of benzene rings is 1. The van der Waals surface area contributed by atoms with Gasteiger partial charge in [-0.3, -0.25) is 4.55 Å². The normalized spacial score (nSPS) is 11.6. The predicted molar refractivity (Wildman–Crippen MR) is 73.5 cm³/mol. The molecule has 0 amide bonds. The monoisotopic (exact) mass is 318 g/mol. The molecule has 0 unspecified atom stereocenters. The highest BCUT2D eigenvalue weighted by Crippen LogP contribution is 2.12. The first-order valence-corrected chi connectivity index (χ1v) is 8.64. The fraction of sp³-hybridized carbons (Fsp3) is 0.182. The minimum atomic E-state index is -3.67. The van der Waals surface area contributed by atoms with Gasteiger partial charge in [0.1, 0.15) is 0 Å². The molecule has 0 radical (unpaired) electrons. The van der Waals surface area contributed by atoms with Gasteiger partial charge in [0.15, 0.2) is 0 Å². The van der Waals surface area contributed by atoms with Crippen molar-refractivity contribution >= 4 is 20.1 Å². The molecule has 0 aliphatic rings. The van der Waals surface area contributed by atoms with Crippen molar-refractivity contribution < 1.29 is 21.4 Å². The molecule has 0 aliphatic carbocycles. The molecule has 0 spiro atoms. The third-order valence-corrected chi connectivity index (χ3v) is 3.62. The van der Waals surface area contributed by atoms with E-state index in [1.54, 1.807) is 30.3 Å². The Morgan fingerprint density at radius 2 is 1.60 bits per heavy atom. The molecular weight excluding hydrogens is 304 g/mol. The lowest BCUT2D eigenvalue weighted by atomic mass is 10.2. The van der Waals surface area contributed by atoms with Gasteiger partial charge in [0.2, 0.25) is 0 Å². The van der Waals surface area contributed by atoms with E-state index >= 15 is 0 Å². The van der Waals surface area contributed by atoms with Crippen LogP contribution in [0.5, 0.6) is 0 Å². The number of aromatic nitrogens is 2. The Balaban J connectivity index is 0.000000347. The molecule has 0 fully saturated rings. The van der Waals surface area contributed by atoms with E-state index in [9.17, 15) is 16.8 Å². The van der Waals surface area contributed by atoms with E-state index in [2.05, 4.69) is 5.10 Å². The van der Waals surface area contributed by atoms with Gasteiger partial charge in [-0.05, 0) is 25.1 Å². The molecule has 20 heavy (non-hydrogen) atoms. The quantitative estimate of drug-likeness (QED) is 0.826. The van der Waals surface area contributed by atoms with Crippen molar-refractivity contribution in [2.45, 2.75) is 11.8 Å². The lowest BCUT2D eigenvalue weighted by Crippen LogP contribution is -2.13. The zero-order valence-corrected chi connectivity index (χ0v) is 12.5. The van der Waals surface area contributed by atoms with Crippen molar-refractivity contribution in [2.75, 3.05) is 6.26 Å². The van der Waals surface area contributed by atoms with Gasteiger partial charge < -0.3 is 0 Å². The van der Waals surface area contributed by atoms with Crippen molar-refractivity contribution in [2.24, 2.45) is 0 Å². The first-order chi connectivity index (χ1) is 9.10. The average molecular weight is 318 g/mol. The van der Waals surface area contributed by atoms with Gasteiger partial charge in [0.25, 0.3) is 20.1 Å². The molecule has 0 saturated carbocycles. The van der Waals surface area contributed by atoms with Crippen molar-refractivity contribution in [3.63, 3.8) is 0 Å². The van der Waals surface area contributed by atoms with Gasteiger partial charge >= 0.3 is 0 Å². The van der Waals surface area contributed by atoms with E-state index in [1.165, 1.54) is 12.4 Å². The maximum Gasteiger partial charge on any atom is 0.282 e. The second-order valence-corrected chi connectivity index (χ2v) is 7.19. The Labute approximate surface area is 117 Å². The highest BCUT2D eigenvalue weighted by molar-refractivity contribution is 7.89. The van der Waals surface area contributed by atoms with Gasteiger partial charge in [-0.25, -0.2) is 0 Å². The first-order valence-electron chi connectivity index (χ1n) is 5.35. The van der Waals surface area contributed by atoms with Crippen LogP contribution < -0.4 is 0 Å². The van der Waals surface area contributed by atoms with Crippen LogP contribution in [0, 0.1) is 6.92 Å². The summed E-state index contributed by atoms with van der Waals surface area (Å²) in [5.41, 5.74) is 1.02. The molecule has 1 aromatic carbocycles. The molecule has 0 bridgehead atoms. The zero-order chi connectivity index (χ0) is 15.4. The zero-order valence-electron chi connectivity index (χ0n) is 10.8. The third kappa shape index (κ3) is 5.11. The number of hydrogen-bond donors (Lipinski definition) is 1. The molecule has 1 N–H and O–H groups in total. The summed E-state index contributed by atoms with van der Waals surface area (Å²) in [4.78, 5) is 0.247. The Morgan fingerprint density at radius 1 is 1.10 bits per heavy atom. The minimum Gasteiger partial charge on any atom is -0.286 e. The molecule has 9 heteroatoms. The van der Waals surface area contributed by atoms with Gasteiger partial charge in [-0.2, -0.15) is 26.0 Å². The van der Waals surface area contributed by atoms with Crippen molar-refractivity contribution in [1.82, 2.24) is 9.19 Å². The summed E-state index contributed by atoms with van der Waals surface area (Å²) in [6.45, 7) is 1.91. The van der Waals surface area contributed by atoms with E-state index in [4.69, 9.17) is 4.55 Å². The van der Waals surface area contributed by atoms with Crippen LogP contribution >= 0.6 is 0 Å². The van der Waals surface area contributed by atoms with Crippen LogP contribution in [-0.4, -0.2) is 36.8 Å². The second kappa shape index (κ2) is 6.16. The Bertz CT molecular complexity index is 740. The summed E-state index contributed by atoms with van der Waals surface area (Å²) in [6, 6.07) is 8.25. The van der Waals surface area contributed by atoms with E-state index in [0.29, 0.717) is 6.26 Å². The third-order valence-electron chi connectivity index (χ3n) is 2.05. The van der Waals surface area contributed by atoms with Crippen molar-refractivity contribution in [3.8, 4) is 0 Å². The molecule has 0 saturated heterocycles. The van der Waals surface area contributed by atoms with Gasteiger partial charge in [-0.1, -0.05) is 17.7 Å². The van der Waals surface area contributed by atoms with Gasteiger partial charge in [0.05, 0.1) is 17.3 Å². The lowest BCUT2D eigenvalue weighted by molar-refractivity contribution is 0.490. The molecule has 110 valence electrons. The Hall–Kier alpha value is -1.71. The number of rotatable bonds is 2. The molecule has 2 aromatic rings. The summed E-state index contributed by atoms with van der Waals surface area (Å²) >= 11 is 0. The highest BCUT2D eigenvalue weighted by atomic mass is 32.2. The van der Waals surface area contributed by atoms with Gasteiger partial charge in [-0.15, -0.1) is 0 Å². The van der Waals surface area contributed by atoms with Crippen molar-refractivity contribution in [1.29, 1.82) is 0 Å². The SMILES string of the molecule is CS(=O)(=O)O.Cc1ccc(S(=O)(=O)n2cccn2)cc1. The lowest BCUT2D eigenvalue weighted by Gasteiger charge is -2.03. The van der Waals surface area contributed by atoms with E-state index in [0.717, 1.165) is 9.65 Å². The van der Waals surface area contributed by atoms with Crippen molar-refractivity contribution in [3.05, 3.63) is 48.3 Å².